The number of rotatable bonds is 30. The highest BCUT2D eigenvalue weighted by Crippen LogP contribution is 2.36. The number of benzene rings is 3. The lowest BCUT2D eigenvalue weighted by Gasteiger charge is -2.26. The lowest BCUT2D eigenvalue weighted by molar-refractivity contribution is 0.0708. The summed E-state index contributed by atoms with van der Waals surface area (Å²) in [6, 6.07) is 33.1. The zero-order valence-corrected chi connectivity index (χ0v) is 70.9. The Balaban J connectivity index is 0.000000152. The molecule has 9 heterocycles. The fraction of sp³-hybridized carbons (Fsp3) is 0.444. The molecule has 2 aliphatic carbocycles. The van der Waals surface area contributed by atoms with Gasteiger partial charge in [-0.3, -0.25) is 19.2 Å². The number of imidazole rings is 4. The third kappa shape index (κ3) is 21.8. The first-order valence-electron chi connectivity index (χ1n) is 41.2. The van der Waals surface area contributed by atoms with Gasteiger partial charge in [-0.1, -0.05) is 142 Å². The van der Waals surface area contributed by atoms with Crippen LogP contribution >= 0.6 is 34.5 Å². The van der Waals surface area contributed by atoms with Gasteiger partial charge in [0, 0.05) is 92.1 Å². The largest absolute Gasteiger partial charge is 0.331 e. The molecule has 116 heavy (non-hydrogen) atoms. The van der Waals surface area contributed by atoms with Gasteiger partial charge in [-0.15, -0.1) is 11.3 Å². The number of aromatic nitrogens is 12. The van der Waals surface area contributed by atoms with Gasteiger partial charge in [-0.05, 0) is 186 Å². The fourth-order valence-corrected chi connectivity index (χ4v) is 16.5. The van der Waals surface area contributed by atoms with Crippen molar-refractivity contribution in [1.29, 1.82) is 0 Å². The molecule has 9 aromatic heterocycles. The minimum atomic E-state index is -1.10. The predicted molar refractivity (Wildman–Crippen MR) is 456 cm³/mol. The van der Waals surface area contributed by atoms with Crippen LogP contribution < -0.4 is 0 Å². The highest BCUT2D eigenvalue weighted by atomic mass is 35.5. The Morgan fingerprint density at radius 3 is 1.39 bits per heavy atom. The normalized spacial score (nSPS) is 13.0. The van der Waals surface area contributed by atoms with Crippen LogP contribution in [0, 0.1) is 43.1 Å². The molecular weight excluding hydrogens is 1530 g/mol. The number of halogens is 5. The molecule has 0 saturated heterocycles. The lowest BCUT2D eigenvalue weighted by Crippen LogP contribution is -2.35. The standard InChI is InChI=1S/C24H28F2N4O.C24H29FN4O.C21H24Cl2N4O.C21H28N4OS/c1-2-3-6-15-29(24(31)18-11-7-12-19(25)22(18)26)16-21-28-20-13-8-14-27-23(20)30(21)17-9-4-5-10-17;1-16(2)14-28(24(30)20-13-18(25)11-10-17(20)3)15-22-27-21-9-6-12-26-23(21)29(22)19-7-4-5-8-19;1-4-10-27-19(25-18-6-5-9-24-20(18)27)13-26(12-14(2)3)21(28)15-7-8-16(22)17(23)11-15;1-4-6-7-14-24(21(26)18-11-10-16(3)27-18)15-19-23-17-9-8-12-22-20(17)25(19)13-5-2/h7-8,11-14,17H,2-6,9-10,15-16H2,1H3;6,9-13,16,19H,4-5,7-8,14-15H2,1-3H3;5-9,11,14H,4,10,12-13H2,1-3H3;8-12H,4-7,13-15H2,1-3H3. The number of amides is 4. The summed E-state index contributed by atoms with van der Waals surface area (Å²) in [5.41, 5.74) is 8.34. The monoisotopic (exact) mass is 1640 g/mol. The molecule has 12 aromatic rings. The smallest absolute Gasteiger partial charge is 0.264 e. The number of carbonyl (C=O) groups excluding carboxylic acids is 4. The molecule has 20 nitrogen and oxygen atoms in total. The third-order valence-electron chi connectivity index (χ3n) is 20.9. The predicted octanol–water partition coefficient (Wildman–Crippen LogP) is 21.4. The summed E-state index contributed by atoms with van der Waals surface area (Å²) in [6.45, 7) is 26.4. The Morgan fingerprint density at radius 2 is 0.914 bits per heavy atom. The SMILES string of the molecule is CCCCCN(Cc1nc2cccnc2n1C1CCCC1)C(=O)c1cccc(F)c1F.CCCCCN(Cc1nc2cccnc2n1CCC)C(=O)c1ccc(C)s1.CCCn1c(CN(CC(C)C)C(=O)c2ccc(Cl)c(Cl)c2)nc2cccnc21.Cc1ccc(F)cc1C(=O)N(Cc1nc2cccnc2n1C1CCCC1)CC(C)C. The van der Waals surface area contributed by atoms with Crippen molar-refractivity contribution in [2.45, 2.75) is 223 Å². The van der Waals surface area contributed by atoms with Gasteiger partial charge in [0.15, 0.2) is 34.2 Å². The molecule has 4 amide bonds. The summed E-state index contributed by atoms with van der Waals surface area (Å²) in [6.07, 6.45) is 24.2. The Labute approximate surface area is 692 Å². The Bertz CT molecular complexity index is 5300. The van der Waals surface area contributed by atoms with Crippen molar-refractivity contribution in [2.75, 3.05) is 26.2 Å². The average molecular weight is 1640 g/mol. The van der Waals surface area contributed by atoms with Gasteiger partial charge in [-0.25, -0.2) is 53.0 Å². The summed E-state index contributed by atoms with van der Waals surface area (Å²) in [4.78, 5) is 99.4. The molecule has 14 rings (SSSR count). The van der Waals surface area contributed by atoms with E-state index in [2.05, 4.69) is 93.6 Å². The molecule has 0 N–H and O–H groups in total. The first-order chi connectivity index (χ1) is 56.1. The highest BCUT2D eigenvalue weighted by molar-refractivity contribution is 7.13. The number of unbranched alkanes of at least 4 members (excludes halogenated alkanes) is 4. The van der Waals surface area contributed by atoms with Gasteiger partial charge >= 0.3 is 0 Å². The zero-order valence-electron chi connectivity index (χ0n) is 68.6. The van der Waals surface area contributed by atoms with E-state index < -0.39 is 23.4 Å². The zero-order chi connectivity index (χ0) is 82.5. The number of thiophene rings is 1. The van der Waals surface area contributed by atoms with E-state index in [1.807, 2.05) is 84.3 Å². The molecule has 0 atom stereocenters. The topological polar surface area (TPSA) is 204 Å². The first kappa shape index (κ1) is 86.9. The summed E-state index contributed by atoms with van der Waals surface area (Å²) < 4.78 is 50.7. The number of hydrogen-bond donors (Lipinski definition) is 0. The number of hydrogen-bond acceptors (Lipinski definition) is 13. The molecule has 0 bridgehead atoms. The van der Waals surface area contributed by atoms with Crippen LogP contribution in [0.15, 0.2) is 140 Å². The number of nitrogens with zero attached hydrogens (tertiary/aromatic N) is 16. The number of carbonyl (C=O) groups is 4. The molecule has 0 aliphatic heterocycles. The van der Waals surface area contributed by atoms with Gasteiger partial charge in [0.1, 0.15) is 51.2 Å². The Hall–Kier alpha value is -9.91. The average Bonchev–Trinajstić information content (AvgIpc) is 1.64. The van der Waals surface area contributed by atoms with Crippen LogP contribution in [0.2, 0.25) is 10.0 Å². The van der Waals surface area contributed by atoms with Crippen LogP contribution in [0.5, 0.6) is 0 Å². The molecule has 0 radical (unpaired) electrons. The minimum absolute atomic E-state index is 0.0877. The second kappa shape index (κ2) is 41.8. The molecule has 2 aliphatic rings. The van der Waals surface area contributed by atoms with Gasteiger partial charge in [0.05, 0.1) is 46.7 Å². The van der Waals surface area contributed by atoms with Crippen molar-refractivity contribution in [3.63, 3.8) is 0 Å². The maximum atomic E-state index is 14.4. The molecule has 614 valence electrons. The van der Waals surface area contributed by atoms with Crippen molar-refractivity contribution < 1.29 is 32.3 Å². The van der Waals surface area contributed by atoms with E-state index in [0.29, 0.717) is 78.4 Å². The number of aryl methyl sites for hydroxylation is 4. The van der Waals surface area contributed by atoms with Gasteiger partial charge in [-0.2, -0.15) is 0 Å². The van der Waals surface area contributed by atoms with Crippen LogP contribution in [0.4, 0.5) is 13.2 Å². The molecular formula is C90H109Cl2F3N16O4S. The Kier molecular flexibility index (Phi) is 31.3. The van der Waals surface area contributed by atoms with E-state index in [0.717, 1.165) is 199 Å². The van der Waals surface area contributed by atoms with Gasteiger partial charge in [0.25, 0.3) is 23.6 Å². The molecule has 3 aromatic carbocycles. The molecule has 0 spiro atoms. The van der Waals surface area contributed by atoms with Crippen LogP contribution in [0.25, 0.3) is 44.7 Å². The van der Waals surface area contributed by atoms with Crippen molar-refractivity contribution in [2.24, 2.45) is 11.8 Å². The van der Waals surface area contributed by atoms with E-state index >= 15 is 0 Å². The van der Waals surface area contributed by atoms with Crippen LogP contribution in [0.3, 0.4) is 0 Å². The second-order valence-corrected chi connectivity index (χ2v) is 33.1. The molecule has 26 heteroatoms. The van der Waals surface area contributed by atoms with Crippen LogP contribution in [-0.2, 0) is 39.3 Å². The maximum absolute atomic E-state index is 14.4. The van der Waals surface area contributed by atoms with E-state index in [1.54, 1.807) is 70.2 Å². The van der Waals surface area contributed by atoms with E-state index in [1.165, 1.54) is 37.1 Å². The summed E-state index contributed by atoms with van der Waals surface area (Å²) >= 11 is 13.7. The first-order valence-corrected chi connectivity index (χ1v) is 42.8. The third-order valence-corrected chi connectivity index (χ3v) is 22.7. The quantitative estimate of drug-likeness (QED) is 0.0386. The maximum Gasteiger partial charge on any atom is 0.264 e. The number of pyridine rings is 4. The summed E-state index contributed by atoms with van der Waals surface area (Å²) in [5.74, 6) is 0.817. The van der Waals surface area contributed by atoms with Crippen LogP contribution in [-0.4, -0.2) is 128 Å². The van der Waals surface area contributed by atoms with E-state index in [4.69, 9.17) is 43.1 Å². The molecule has 2 saturated carbocycles. The van der Waals surface area contributed by atoms with E-state index in [9.17, 15) is 32.3 Å². The van der Waals surface area contributed by atoms with Crippen molar-refractivity contribution >= 4 is 103 Å². The Morgan fingerprint density at radius 1 is 0.466 bits per heavy atom. The van der Waals surface area contributed by atoms with E-state index in [-0.39, 0.29) is 35.7 Å². The van der Waals surface area contributed by atoms with Gasteiger partial charge < -0.3 is 37.9 Å². The summed E-state index contributed by atoms with van der Waals surface area (Å²) in [7, 11) is 0. The lowest BCUT2D eigenvalue weighted by atomic mass is 10.1. The fourth-order valence-electron chi connectivity index (χ4n) is 15.4. The highest BCUT2D eigenvalue weighted by Gasteiger charge is 2.31. The van der Waals surface area contributed by atoms with Crippen molar-refractivity contribution in [3.8, 4) is 0 Å². The van der Waals surface area contributed by atoms with Crippen LogP contribution in [0.1, 0.15) is 245 Å². The van der Waals surface area contributed by atoms with Gasteiger partial charge in [0.2, 0.25) is 0 Å². The van der Waals surface area contributed by atoms with Crippen molar-refractivity contribution in [1.82, 2.24) is 77.7 Å². The molecule has 2 fully saturated rings. The molecule has 0 unspecified atom stereocenters. The second-order valence-electron chi connectivity index (χ2n) is 31.0. The minimum Gasteiger partial charge on any atom is -0.331 e. The van der Waals surface area contributed by atoms with Crippen molar-refractivity contribution in [3.05, 3.63) is 223 Å². The summed E-state index contributed by atoms with van der Waals surface area (Å²) in [5, 5.41) is 0.809. The number of fused-ring (bicyclic) bond motifs is 4.